The van der Waals surface area contributed by atoms with Gasteiger partial charge in [-0.3, -0.25) is 0 Å². The van der Waals surface area contributed by atoms with E-state index in [0.717, 1.165) is 24.9 Å². The Labute approximate surface area is 186 Å². The molecule has 1 aliphatic carbocycles. The highest BCUT2D eigenvalue weighted by Gasteiger charge is 2.25. The van der Waals surface area contributed by atoms with Crippen LogP contribution in [0.3, 0.4) is 0 Å². The van der Waals surface area contributed by atoms with Crippen molar-refractivity contribution in [1.82, 2.24) is 0 Å². The number of hydrogen-bond donors (Lipinski definition) is 0. The van der Waals surface area contributed by atoms with Gasteiger partial charge >= 0.3 is 0 Å². The predicted octanol–water partition coefficient (Wildman–Crippen LogP) is 8.36. The second-order valence-electron chi connectivity index (χ2n) is 9.86. The summed E-state index contributed by atoms with van der Waals surface area (Å²) in [7, 11) is 0. The van der Waals surface area contributed by atoms with Gasteiger partial charge in [-0.1, -0.05) is 95.9 Å². The molecule has 2 aliphatic rings. The SMILES string of the molecule is CCCCCC[C@H]1CO[C@H](c2ccc([C@H]3CC[C@H](CCCCCC)CC3)cc2)CO1. The Morgan fingerprint density at radius 3 is 1.90 bits per heavy atom. The summed E-state index contributed by atoms with van der Waals surface area (Å²) in [6.07, 6.45) is 19.5. The number of rotatable bonds is 12. The number of hydrogen-bond acceptors (Lipinski definition) is 2. The quantitative estimate of drug-likeness (QED) is 0.320. The fourth-order valence-electron chi connectivity index (χ4n) is 5.33. The molecule has 1 saturated heterocycles. The fraction of sp³-hybridized carbons (Fsp3) is 0.786. The minimum Gasteiger partial charge on any atom is -0.373 e. The molecule has 2 heteroatoms. The third kappa shape index (κ3) is 7.68. The summed E-state index contributed by atoms with van der Waals surface area (Å²) in [4.78, 5) is 0. The molecular formula is C28H46O2. The summed E-state index contributed by atoms with van der Waals surface area (Å²) in [6.45, 7) is 6.02. The standard InChI is InChI=1S/C28H46O2/c1-3-5-7-9-11-23-13-15-24(16-14-23)25-17-19-26(20-18-25)28-22-29-27(21-30-28)12-10-8-6-4-2/h17-20,23-24,27-28H,3-16,21-22H2,1-2H3/t23-,24-,27-,28-/m0/s1. The molecule has 1 saturated carbocycles. The van der Waals surface area contributed by atoms with Crippen molar-refractivity contribution in [1.29, 1.82) is 0 Å². The van der Waals surface area contributed by atoms with Crippen molar-refractivity contribution < 1.29 is 9.47 Å². The van der Waals surface area contributed by atoms with Crippen molar-refractivity contribution in [2.24, 2.45) is 5.92 Å². The minimum absolute atomic E-state index is 0.116. The Morgan fingerprint density at radius 2 is 1.30 bits per heavy atom. The summed E-state index contributed by atoms with van der Waals surface area (Å²) >= 11 is 0. The summed E-state index contributed by atoms with van der Waals surface area (Å²) in [5.41, 5.74) is 2.82. The van der Waals surface area contributed by atoms with E-state index in [4.69, 9.17) is 9.47 Å². The second kappa shape index (κ2) is 13.5. The van der Waals surface area contributed by atoms with Crippen LogP contribution in [-0.2, 0) is 9.47 Å². The molecule has 0 N–H and O–H groups in total. The molecular weight excluding hydrogens is 368 g/mol. The van der Waals surface area contributed by atoms with Gasteiger partial charge in [-0.05, 0) is 55.1 Å². The summed E-state index contributed by atoms with van der Waals surface area (Å²) in [5, 5.41) is 0. The van der Waals surface area contributed by atoms with E-state index in [1.807, 2.05) is 0 Å². The lowest BCUT2D eigenvalue weighted by Gasteiger charge is -2.31. The molecule has 0 spiro atoms. The molecule has 1 aliphatic heterocycles. The maximum atomic E-state index is 6.16. The molecule has 0 bridgehead atoms. The normalized spacial score (nSPS) is 27.3. The molecule has 1 heterocycles. The van der Waals surface area contributed by atoms with Gasteiger partial charge in [0.25, 0.3) is 0 Å². The zero-order valence-electron chi connectivity index (χ0n) is 19.7. The Hall–Kier alpha value is -0.860. The van der Waals surface area contributed by atoms with Gasteiger partial charge in [0.05, 0.1) is 19.3 Å². The number of unbranched alkanes of at least 4 members (excludes halogenated alkanes) is 6. The largest absolute Gasteiger partial charge is 0.373 e. The van der Waals surface area contributed by atoms with E-state index in [0.29, 0.717) is 12.7 Å². The molecule has 1 aromatic rings. The van der Waals surface area contributed by atoms with Gasteiger partial charge in [0.1, 0.15) is 6.10 Å². The monoisotopic (exact) mass is 414 g/mol. The molecule has 0 amide bonds. The number of benzene rings is 1. The first-order chi connectivity index (χ1) is 14.8. The zero-order chi connectivity index (χ0) is 21.0. The van der Waals surface area contributed by atoms with Crippen LogP contribution in [0.25, 0.3) is 0 Å². The van der Waals surface area contributed by atoms with Gasteiger partial charge in [0.2, 0.25) is 0 Å². The second-order valence-corrected chi connectivity index (χ2v) is 9.86. The highest BCUT2D eigenvalue weighted by Crippen LogP contribution is 2.38. The third-order valence-electron chi connectivity index (χ3n) is 7.44. The van der Waals surface area contributed by atoms with Crippen LogP contribution in [0.15, 0.2) is 24.3 Å². The van der Waals surface area contributed by atoms with Crippen molar-refractivity contribution >= 4 is 0 Å². The van der Waals surface area contributed by atoms with Gasteiger partial charge in [-0.25, -0.2) is 0 Å². The topological polar surface area (TPSA) is 18.5 Å². The van der Waals surface area contributed by atoms with Crippen molar-refractivity contribution in [3.8, 4) is 0 Å². The van der Waals surface area contributed by atoms with Gasteiger partial charge in [-0.15, -0.1) is 0 Å². The van der Waals surface area contributed by atoms with Gasteiger partial charge in [0.15, 0.2) is 0 Å². The van der Waals surface area contributed by atoms with E-state index in [-0.39, 0.29) is 6.10 Å². The lowest BCUT2D eigenvalue weighted by molar-refractivity contribution is -0.137. The van der Waals surface area contributed by atoms with Crippen LogP contribution in [0.4, 0.5) is 0 Å². The third-order valence-corrected chi connectivity index (χ3v) is 7.44. The summed E-state index contributed by atoms with van der Waals surface area (Å²) in [6, 6.07) is 9.31. The van der Waals surface area contributed by atoms with E-state index in [2.05, 4.69) is 38.1 Å². The van der Waals surface area contributed by atoms with Crippen molar-refractivity contribution in [3.63, 3.8) is 0 Å². The first-order valence-electron chi connectivity index (χ1n) is 13.1. The molecule has 0 unspecified atom stereocenters. The van der Waals surface area contributed by atoms with Crippen molar-refractivity contribution in [2.45, 2.75) is 122 Å². The Balaban J connectivity index is 1.36. The Morgan fingerprint density at radius 1 is 0.667 bits per heavy atom. The maximum absolute atomic E-state index is 6.16. The molecule has 30 heavy (non-hydrogen) atoms. The Kier molecular flexibility index (Phi) is 10.7. The molecule has 3 rings (SSSR count). The average Bonchev–Trinajstić information content (AvgIpc) is 2.81. The van der Waals surface area contributed by atoms with Crippen LogP contribution in [0.1, 0.15) is 127 Å². The van der Waals surface area contributed by atoms with Crippen LogP contribution < -0.4 is 0 Å². The van der Waals surface area contributed by atoms with Gasteiger partial charge in [-0.2, -0.15) is 0 Å². The molecule has 2 atom stereocenters. The van der Waals surface area contributed by atoms with E-state index in [1.165, 1.54) is 94.6 Å². The van der Waals surface area contributed by atoms with Crippen LogP contribution in [0.5, 0.6) is 0 Å². The first kappa shape index (κ1) is 23.8. The van der Waals surface area contributed by atoms with Gasteiger partial charge < -0.3 is 9.47 Å². The summed E-state index contributed by atoms with van der Waals surface area (Å²) in [5.74, 6) is 1.75. The highest BCUT2D eigenvalue weighted by atomic mass is 16.6. The zero-order valence-corrected chi connectivity index (χ0v) is 19.7. The van der Waals surface area contributed by atoms with Crippen LogP contribution in [-0.4, -0.2) is 19.3 Å². The minimum atomic E-state index is 0.116. The average molecular weight is 415 g/mol. The molecule has 0 radical (unpaired) electrons. The molecule has 2 nitrogen and oxygen atoms in total. The Bertz CT molecular complexity index is 500. The first-order valence-corrected chi connectivity index (χ1v) is 13.1. The van der Waals surface area contributed by atoms with E-state index < -0.39 is 0 Å². The smallest absolute Gasteiger partial charge is 0.106 e. The number of ether oxygens (including phenoxy) is 2. The molecule has 0 aromatic heterocycles. The van der Waals surface area contributed by atoms with E-state index >= 15 is 0 Å². The predicted molar refractivity (Wildman–Crippen MR) is 127 cm³/mol. The highest BCUT2D eigenvalue weighted by molar-refractivity contribution is 5.27. The van der Waals surface area contributed by atoms with Crippen LogP contribution in [0.2, 0.25) is 0 Å². The molecule has 2 fully saturated rings. The van der Waals surface area contributed by atoms with Gasteiger partial charge in [0, 0.05) is 0 Å². The maximum Gasteiger partial charge on any atom is 0.106 e. The van der Waals surface area contributed by atoms with Crippen LogP contribution >= 0.6 is 0 Å². The molecule has 1 aromatic carbocycles. The van der Waals surface area contributed by atoms with Crippen molar-refractivity contribution in [2.75, 3.05) is 13.2 Å². The lowest BCUT2D eigenvalue weighted by atomic mass is 9.77. The van der Waals surface area contributed by atoms with Crippen LogP contribution in [0, 0.1) is 5.92 Å². The molecule has 170 valence electrons. The van der Waals surface area contributed by atoms with E-state index in [1.54, 1.807) is 0 Å². The van der Waals surface area contributed by atoms with Crippen molar-refractivity contribution in [3.05, 3.63) is 35.4 Å². The van der Waals surface area contributed by atoms with E-state index in [9.17, 15) is 0 Å². The fourth-order valence-corrected chi connectivity index (χ4v) is 5.33. The summed E-state index contributed by atoms with van der Waals surface area (Å²) < 4.78 is 12.3. The lowest BCUT2D eigenvalue weighted by Crippen LogP contribution is -2.31.